The number of hydrogen-bond donors (Lipinski definition) is 0. The van der Waals surface area contributed by atoms with Gasteiger partial charge in [0.2, 0.25) is 0 Å². The van der Waals surface area contributed by atoms with Crippen molar-refractivity contribution in [2.24, 2.45) is 0 Å². The summed E-state index contributed by atoms with van der Waals surface area (Å²) in [6, 6.07) is 3.98. The van der Waals surface area contributed by atoms with E-state index in [0.717, 1.165) is 35.4 Å². The lowest BCUT2D eigenvalue weighted by molar-refractivity contribution is 0.0329. The van der Waals surface area contributed by atoms with E-state index in [-0.39, 0.29) is 11.5 Å². The molecule has 0 bridgehead atoms. The fraction of sp³-hybridized carbons (Fsp3) is 0.550. The molecular weight excluding hydrogens is 328 g/mol. The Bertz CT molecular complexity index is 853. The van der Waals surface area contributed by atoms with Gasteiger partial charge in [0.1, 0.15) is 5.60 Å². The molecule has 0 radical (unpaired) electrons. The number of allylic oxidation sites excluding steroid dienone is 1. The Kier molecular flexibility index (Phi) is 4.54. The first kappa shape index (κ1) is 18.4. The van der Waals surface area contributed by atoms with Crippen LogP contribution in [0.2, 0.25) is 0 Å². The average molecular weight is 356 g/mol. The van der Waals surface area contributed by atoms with Crippen molar-refractivity contribution in [3.63, 3.8) is 0 Å². The Labute approximate surface area is 154 Å². The summed E-state index contributed by atoms with van der Waals surface area (Å²) in [7, 11) is 0. The summed E-state index contributed by atoms with van der Waals surface area (Å²) in [5.74, 6) is 0. The van der Waals surface area contributed by atoms with Gasteiger partial charge in [-0.05, 0) is 45.3 Å². The van der Waals surface area contributed by atoms with Crippen LogP contribution in [0.3, 0.4) is 0 Å². The van der Waals surface area contributed by atoms with Crippen molar-refractivity contribution in [1.29, 1.82) is 0 Å². The van der Waals surface area contributed by atoms with Crippen LogP contribution in [0, 0.1) is 0 Å². The molecule has 140 valence electrons. The number of carbonyl (C=O) groups is 1. The van der Waals surface area contributed by atoms with Gasteiger partial charge in [0.15, 0.2) is 5.65 Å². The minimum absolute atomic E-state index is 0.0472. The topological polar surface area (TPSA) is 59.7 Å². The predicted octanol–water partition coefficient (Wildman–Crippen LogP) is 4.40. The number of nitrogens with zero attached hydrogens (tertiary/aromatic N) is 4. The summed E-state index contributed by atoms with van der Waals surface area (Å²) >= 11 is 0. The fourth-order valence-electron chi connectivity index (χ4n) is 2.92. The summed E-state index contributed by atoms with van der Waals surface area (Å²) in [5, 5.41) is 4.77. The molecular formula is C20H28N4O2. The van der Waals surface area contributed by atoms with Crippen molar-refractivity contribution in [2.75, 3.05) is 6.54 Å². The second kappa shape index (κ2) is 6.41. The van der Waals surface area contributed by atoms with Crippen molar-refractivity contribution >= 4 is 17.3 Å². The zero-order chi connectivity index (χ0) is 19.1. The van der Waals surface area contributed by atoms with E-state index in [2.05, 4.69) is 25.8 Å². The summed E-state index contributed by atoms with van der Waals surface area (Å²) in [5.41, 5.74) is 3.31. The molecule has 26 heavy (non-hydrogen) atoms. The van der Waals surface area contributed by atoms with E-state index in [9.17, 15) is 4.79 Å². The van der Waals surface area contributed by atoms with Gasteiger partial charge in [-0.1, -0.05) is 20.8 Å². The molecule has 1 aliphatic heterocycles. The molecule has 0 saturated carbocycles. The Morgan fingerprint density at radius 2 is 1.92 bits per heavy atom. The number of hydrogen-bond acceptors (Lipinski definition) is 4. The first-order chi connectivity index (χ1) is 12.0. The largest absolute Gasteiger partial charge is 0.443 e. The molecule has 0 unspecified atom stereocenters. The molecule has 6 heteroatoms. The normalized spacial score (nSPS) is 15.9. The van der Waals surface area contributed by atoms with E-state index >= 15 is 0 Å². The molecule has 0 N–H and O–H groups in total. The SMILES string of the molecule is CC(C)(C)OC(=O)N1C=C(c2ccnc3cc(C(C)(C)C)nn23)CCC1. The number of rotatable bonds is 1. The monoisotopic (exact) mass is 356 g/mol. The molecule has 0 spiro atoms. The fourth-order valence-corrected chi connectivity index (χ4v) is 2.92. The molecule has 3 rings (SSSR count). The minimum atomic E-state index is -0.504. The average Bonchev–Trinajstić information content (AvgIpc) is 2.97. The van der Waals surface area contributed by atoms with Crippen LogP contribution in [0.25, 0.3) is 11.2 Å². The van der Waals surface area contributed by atoms with E-state index in [4.69, 9.17) is 9.84 Å². The summed E-state index contributed by atoms with van der Waals surface area (Å²) < 4.78 is 7.39. The molecule has 0 aliphatic carbocycles. The van der Waals surface area contributed by atoms with Crippen LogP contribution in [0.1, 0.15) is 65.8 Å². The molecule has 0 aromatic carbocycles. The van der Waals surface area contributed by atoms with Crippen LogP contribution in [0.5, 0.6) is 0 Å². The zero-order valence-corrected chi connectivity index (χ0v) is 16.5. The Morgan fingerprint density at radius 3 is 2.58 bits per heavy atom. The molecule has 0 fully saturated rings. The molecule has 1 aliphatic rings. The second-order valence-electron chi connectivity index (χ2n) is 8.81. The number of fused-ring (bicyclic) bond motifs is 1. The Balaban J connectivity index is 1.97. The maximum Gasteiger partial charge on any atom is 0.414 e. The summed E-state index contributed by atoms with van der Waals surface area (Å²) in [6.45, 7) is 12.7. The first-order valence-corrected chi connectivity index (χ1v) is 9.10. The molecule has 3 heterocycles. The van der Waals surface area contributed by atoms with Gasteiger partial charge < -0.3 is 4.74 Å². The molecule has 0 atom stereocenters. The number of carbonyl (C=O) groups excluding carboxylic acids is 1. The summed E-state index contributed by atoms with van der Waals surface area (Å²) in [6.07, 6.45) is 5.17. The van der Waals surface area contributed by atoms with Crippen molar-refractivity contribution in [1.82, 2.24) is 19.5 Å². The van der Waals surface area contributed by atoms with Gasteiger partial charge in [-0.25, -0.2) is 14.3 Å². The van der Waals surface area contributed by atoms with Crippen LogP contribution in [0.15, 0.2) is 24.5 Å². The maximum absolute atomic E-state index is 12.4. The lowest BCUT2D eigenvalue weighted by atomic mass is 9.93. The molecule has 0 saturated heterocycles. The van der Waals surface area contributed by atoms with Gasteiger partial charge in [0.05, 0.1) is 11.4 Å². The van der Waals surface area contributed by atoms with Crippen LogP contribution in [0.4, 0.5) is 4.79 Å². The van der Waals surface area contributed by atoms with Gasteiger partial charge in [-0.2, -0.15) is 5.10 Å². The Morgan fingerprint density at radius 1 is 1.19 bits per heavy atom. The van der Waals surface area contributed by atoms with E-state index in [1.807, 2.05) is 43.6 Å². The third kappa shape index (κ3) is 3.89. The molecule has 2 aromatic heterocycles. The maximum atomic E-state index is 12.4. The van der Waals surface area contributed by atoms with Crippen molar-refractivity contribution in [2.45, 2.75) is 65.4 Å². The van der Waals surface area contributed by atoms with Crippen molar-refractivity contribution in [3.05, 3.63) is 35.9 Å². The molecule has 6 nitrogen and oxygen atoms in total. The van der Waals surface area contributed by atoms with E-state index in [0.29, 0.717) is 6.54 Å². The van der Waals surface area contributed by atoms with Crippen LogP contribution in [-0.2, 0) is 10.2 Å². The number of ether oxygens (including phenoxy) is 1. The van der Waals surface area contributed by atoms with E-state index < -0.39 is 5.60 Å². The highest BCUT2D eigenvalue weighted by molar-refractivity contribution is 5.74. The van der Waals surface area contributed by atoms with Gasteiger partial charge >= 0.3 is 6.09 Å². The highest BCUT2D eigenvalue weighted by atomic mass is 16.6. The zero-order valence-electron chi connectivity index (χ0n) is 16.5. The summed E-state index contributed by atoms with van der Waals surface area (Å²) in [4.78, 5) is 18.5. The van der Waals surface area contributed by atoms with E-state index in [1.165, 1.54) is 0 Å². The predicted molar refractivity (Wildman–Crippen MR) is 102 cm³/mol. The van der Waals surface area contributed by atoms with Gasteiger partial charge in [0.25, 0.3) is 0 Å². The molecule has 2 aromatic rings. The second-order valence-corrected chi connectivity index (χ2v) is 8.81. The quantitative estimate of drug-likeness (QED) is 0.760. The van der Waals surface area contributed by atoms with Crippen LogP contribution in [-0.4, -0.2) is 37.7 Å². The Hall–Kier alpha value is -2.37. The standard InChI is InChI=1S/C20H28N4O2/c1-19(2,3)16-12-17-21-10-9-15(24(17)22-16)14-8-7-11-23(13-14)18(25)26-20(4,5)6/h9-10,12-13H,7-8,11H2,1-6H3. The van der Waals surface area contributed by atoms with Crippen LogP contribution >= 0.6 is 0 Å². The van der Waals surface area contributed by atoms with Gasteiger partial charge in [-0.3, -0.25) is 4.90 Å². The first-order valence-electron chi connectivity index (χ1n) is 9.10. The smallest absolute Gasteiger partial charge is 0.414 e. The highest BCUT2D eigenvalue weighted by Gasteiger charge is 2.25. The lowest BCUT2D eigenvalue weighted by Crippen LogP contribution is -2.35. The van der Waals surface area contributed by atoms with Crippen molar-refractivity contribution in [3.8, 4) is 0 Å². The van der Waals surface area contributed by atoms with E-state index in [1.54, 1.807) is 11.1 Å². The minimum Gasteiger partial charge on any atom is -0.443 e. The highest BCUT2D eigenvalue weighted by Crippen LogP contribution is 2.28. The van der Waals surface area contributed by atoms with Crippen molar-refractivity contribution < 1.29 is 9.53 Å². The third-order valence-electron chi connectivity index (χ3n) is 4.24. The van der Waals surface area contributed by atoms with Gasteiger partial charge in [0, 0.05) is 30.4 Å². The molecule has 1 amide bonds. The number of amides is 1. The number of aromatic nitrogens is 3. The third-order valence-corrected chi connectivity index (χ3v) is 4.24. The van der Waals surface area contributed by atoms with Gasteiger partial charge in [-0.15, -0.1) is 0 Å². The van der Waals surface area contributed by atoms with Crippen LogP contribution < -0.4 is 0 Å². The lowest BCUT2D eigenvalue weighted by Gasteiger charge is -2.28.